The summed E-state index contributed by atoms with van der Waals surface area (Å²) in [5.74, 6) is 0. The largest absolute Gasteiger partial charge is 0.390 e. The molecule has 0 spiro atoms. The second-order valence-corrected chi connectivity index (χ2v) is 9.87. The van der Waals surface area contributed by atoms with Gasteiger partial charge in [0.2, 0.25) is 0 Å². The highest BCUT2D eigenvalue weighted by Gasteiger charge is 2.20. The van der Waals surface area contributed by atoms with E-state index in [2.05, 4.69) is 50.8 Å². The van der Waals surface area contributed by atoms with E-state index in [0.717, 1.165) is 54.5 Å². The molecule has 0 aliphatic carbocycles. The van der Waals surface area contributed by atoms with E-state index in [4.69, 9.17) is 23.2 Å². The number of aromatic nitrogens is 1. The summed E-state index contributed by atoms with van der Waals surface area (Å²) in [6, 6.07) is 22.2. The van der Waals surface area contributed by atoms with E-state index in [1.54, 1.807) is 0 Å². The number of aliphatic hydroxyl groups is 1. The van der Waals surface area contributed by atoms with Gasteiger partial charge in [0.15, 0.2) is 0 Å². The van der Waals surface area contributed by atoms with Crippen LogP contribution in [0, 0.1) is 0 Å². The molecule has 1 atom stereocenters. The Labute approximate surface area is 234 Å². The molecule has 1 aliphatic heterocycles. The van der Waals surface area contributed by atoms with Crippen molar-refractivity contribution >= 4 is 75.9 Å². The summed E-state index contributed by atoms with van der Waals surface area (Å²) in [7, 11) is 0. The number of fused-ring (bicyclic) bond motifs is 3. The molecule has 0 bridgehead atoms. The third-order valence-corrected chi connectivity index (χ3v) is 7.06. The molecule has 4 aromatic rings. The summed E-state index contributed by atoms with van der Waals surface area (Å²) in [5, 5.41) is 14.5. The van der Waals surface area contributed by atoms with Gasteiger partial charge in [-0.05, 0) is 42.0 Å². The minimum Gasteiger partial charge on any atom is -0.390 e. The maximum absolute atomic E-state index is 11.0. The molecule has 8 heteroatoms. The van der Waals surface area contributed by atoms with Crippen LogP contribution in [0.4, 0.5) is 0 Å². The maximum atomic E-state index is 11.0. The van der Waals surface area contributed by atoms with Crippen LogP contribution in [-0.4, -0.2) is 64.8 Å². The molecule has 192 valence electrons. The van der Waals surface area contributed by atoms with Crippen LogP contribution in [0.3, 0.4) is 0 Å². The molecule has 1 aromatic heterocycles. The predicted molar refractivity (Wildman–Crippen MR) is 158 cm³/mol. The second kappa shape index (κ2) is 13.2. The number of piperazine rings is 1. The standard InChI is InChI=1S/C28H29Cl2N3O.2ClH/c29-22-8-10-27-25(17-22)26-18-23(30)9-11-28(26)33(27)20-24(34)19-32-15-13-31(14-16-32)12-4-7-21-5-2-1-3-6-21;;/h1-11,17-18,24,34H,12-16,19-20H2;2*1H/b7-4+;;. The predicted octanol–water partition coefficient (Wildman–Crippen LogP) is 6.64. The first-order valence-corrected chi connectivity index (χ1v) is 12.5. The van der Waals surface area contributed by atoms with Gasteiger partial charge in [0.05, 0.1) is 12.6 Å². The summed E-state index contributed by atoms with van der Waals surface area (Å²) in [5.41, 5.74) is 3.37. The second-order valence-electron chi connectivity index (χ2n) is 9.00. The van der Waals surface area contributed by atoms with Crippen molar-refractivity contribution in [1.29, 1.82) is 0 Å². The zero-order valence-corrected chi connectivity index (χ0v) is 23.0. The Morgan fingerprint density at radius 1 is 0.750 bits per heavy atom. The number of hydrogen-bond acceptors (Lipinski definition) is 3. The first kappa shape index (κ1) is 28.8. The van der Waals surface area contributed by atoms with Gasteiger partial charge in [-0.15, -0.1) is 24.8 Å². The fraction of sp³-hybridized carbons (Fsp3) is 0.286. The topological polar surface area (TPSA) is 31.6 Å². The Morgan fingerprint density at radius 3 is 1.89 bits per heavy atom. The first-order valence-electron chi connectivity index (χ1n) is 11.8. The Balaban J connectivity index is 0.00000180. The maximum Gasteiger partial charge on any atom is 0.0845 e. The third kappa shape index (κ3) is 6.76. The van der Waals surface area contributed by atoms with Crippen molar-refractivity contribution in [3.63, 3.8) is 0 Å². The highest BCUT2D eigenvalue weighted by Crippen LogP contribution is 2.33. The molecule has 0 radical (unpaired) electrons. The lowest BCUT2D eigenvalue weighted by Crippen LogP contribution is -2.48. The molecule has 1 N–H and O–H groups in total. The van der Waals surface area contributed by atoms with E-state index >= 15 is 0 Å². The van der Waals surface area contributed by atoms with Crippen LogP contribution in [0.1, 0.15) is 5.56 Å². The van der Waals surface area contributed by atoms with Gasteiger partial charge in [-0.1, -0.05) is 65.7 Å². The zero-order chi connectivity index (χ0) is 23.5. The van der Waals surface area contributed by atoms with E-state index in [1.165, 1.54) is 5.56 Å². The number of halogens is 4. The first-order chi connectivity index (χ1) is 16.6. The Hall–Kier alpha value is -1.76. The summed E-state index contributed by atoms with van der Waals surface area (Å²) >= 11 is 12.5. The quantitative estimate of drug-likeness (QED) is 0.272. The zero-order valence-electron chi connectivity index (χ0n) is 19.9. The number of nitrogens with zero attached hydrogens (tertiary/aromatic N) is 3. The van der Waals surface area contributed by atoms with E-state index in [-0.39, 0.29) is 24.8 Å². The average Bonchev–Trinajstić information content (AvgIpc) is 3.12. The van der Waals surface area contributed by atoms with E-state index in [9.17, 15) is 5.11 Å². The Kier molecular flexibility index (Phi) is 10.5. The number of aliphatic hydroxyl groups excluding tert-OH is 1. The Morgan fingerprint density at radius 2 is 1.31 bits per heavy atom. The van der Waals surface area contributed by atoms with Gasteiger partial charge in [-0.25, -0.2) is 0 Å². The molecule has 0 amide bonds. The molecule has 4 nitrogen and oxygen atoms in total. The molecular formula is C28H31Cl4N3O. The van der Waals surface area contributed by atoms with Crippen molar-refractivity contribution in [2.45, 2.75) is 12.6 Å². The van der Waals surface area contributed by atoms with Gasteiger partial charge >= 0.3 is 0 Å². The highest BCUT2D eigenvalue weighted by molar-refractivity contribution is 6.33. The summed E-state index contributed by atoms with van der Waals surface area (Å²) in [4.78, 5) is 4.83. The van der Waals surface area contributed by atoms with E-state index in [0.29, 0.717) is 23.1 Å². The van der Waals surface area contributed by atoms with Crippen LogP contribution in [0.25, 0.3) is 27.9 Å². The van der Waals surface area contributed by atoms with Crippen molar-refractivity contribution < 1.29 is 5.11 Å². The van der Waals surface area contributed by atoms with E-state index in [1.807, 2.05) is 42.5 Å². The van der Waals surface area contributed by atoms with Gasteiger partial charge < -0.3 is 9.67 Å². The minimum absolute atomic E-state index is 0. The van der Waals surface area contributed by atoms with Crippen molar-refractivity contribution in [3.8, 4) is 0 Å². The molecule has 2 heterocycles. The van der Waals surface area contributed by atoms with Crippen LogP contribution in [0.5, 0.6) is 0 Å². The summed E-state index contributed by atoms with van der Waals surface area (Å²) in [6.45, 7) is 6.11. The molecule has 1 fully saturated rings. The smallest absolute Gasteiger partial charge is 0.0845 e. The monoisotopic (exact) mass is 565 g/mol. The molecule has 1 aliphatic rings. The van der Waals surface area contributed by atoms with Crippen molar-refractivity contribution in [1.82, 2.24) is 14.4 Å². The van der Waals surface area contributed by atoms with Crippen LogP contribution < -0.4 is 0 Å². The van der Waals surface area contributed by atoms with Gasteiger partial charge in [0, 0.05) is 71.1 Å². The fourth-order valence-corrected chi connectivity index (χ4v) is 5.21. The minimum atomic E-state index is -0.463. The number of rotatable bonds is 7. The van der Waals surface area contributed by atoms with Gasteiger partial charge in [-0.2, -0.15) is 0 Å². The normalized spacial score (nSPS) is 15.8. The number of benzene rings is 3. The van der Waals surface area contributed by atoms with E-state index < -0.39 is 6.10 Å². The lowest BCUT2D eigenvalue weighted by atomic mass is 10.1. The average molecular weight is 567 g/mol. The van der Waals surface area contributed by atoms with Crippen LogP contribution >= 0.6 is 48.0 Å². The number of hydrogen-bond donors (Lipinski definition) is 1. The lowest BCUT2D eigenvalue weighted by Gasteiger charge is -2.35. The highest BCUT2D eigenvalue weighted by atomic mass is 35.5. The molecule has 5 rings (SSSR count). The summed E-state index contributed by atoms with van der Waals surface area (Å²) in [6.07, 6.45) is 3.96. The van der Waals surface area contributed by atoms with Gasteiger partial charge in [-0.3, -0.25) is 9.80 Å². The van der Waals surface area contributed by atoms with Crippen LogP contribution in [0.2, 0.25) is 10.0 Å². The van der Waals surface area contributed by atoms with Crippen molar-refractivity contribution in [2.24, 2.45) is 0 Å². The van der Waals surface area contributed by atoms with Crippen molar-refractivity contribution in [2.75, 3.05) is 39.3 Å². The molecule has 1 unspecified atom stereocenters. The van der Waals surface area contributed by atoms with Gasteiger partial charge in [0.25, 0.3) is 0 Å². The van der Waals surface area contributed by atoms with Crippen molar-refractivity contribution in [3.05, 3.63) is 88.4 Å². The molecule has 36 heavy (non-hydrogen) atoms. The van der Waals surface area contributed by atoms with Crippen LogP contribution in [-0.2, 0) is 6.54 Å². The Bertz CT molecular complexity index is 1240. The molecule has 1 saturated heterocycles. The summed E-state index contributed by atoms with van der Waals surface area (Å²) < 4.78 is 2.19. The van der Waals surface area contributed by atoms with Gasteiger partial charge in [0.1, 0.15) is 0 Å². The lowest BCUT2D eigenvalue weighted by molar-refractivity contribution is 0.0688. The number of β-amino-alcohol motifs (C(OH)–C–C–N with tert-alkyl or cyclic N) is 1. The molecule has 3 aromatic carbocycles. The fourth-order valence-electron chi connectivity index (χ4n) is 4.87. The van der Waals surface area contributed by atoms with Crippen LogP contribution in [0.15, 0.2) is 72.8 Å². The third-order valence-electron chi connectivity index (χ3n) is 6.59. The molecule has 0 saturated carbocycles. The SMILES string of the molecule is Cl.Cl.OC(CN1CCN(C/C=C/c2ccccc2)CC1)Cn1c2ccc(Cl)cc2c2cc(Cl)ccc21. The molecular weight excluding hydrogens is 536 g/mol.